The van der Waals surface area contributed by atoms with E-state index in [1.54, 1.807) is 13.0 Å². The van der Waals surface area contributed by atoms with Crippen molar-refractivity contribution < 1.29 is 64.2 Å². The fourth-order valence-corrected chi connectivity index (χ4v) is 11.3. The van der Waals surface area contributed by atoms with Crippen molar-refractivity contribution >= 4 is 5.97 Å². The van der Waals surface area contributed by atoms with Crippen LogP contribution < -0.4 is 0 Å². The minimum absolute atomic E-state index is 0.0345. The molecule has 0 unspecified atom stereocenters. The molecule has 0 spiro atoms. The van der Waals surface area contributed by atoms with Gasteiger partial charge in [-0.15, -0.1) is 0 Å². The van der Waals surface area contributed by atoms with Crippen molar-refractivity contribution in [3.63, 3.8) is 0 Å². The molecule has 0 radical (unpaired) electrons. The van der Waals surface area contributed by atoms with Crippen LogP contribution in [0.15, 0.2) is 11.6 Å². The number of hydrogen-bond donors (Lipinski definition) is 7. The van der Waals surface area contributed by atoms with E-state index in [0.29, 0.717) is 18.4 Å². The molecule has 7 aliphatic rings. The number of aliphatic hydroxyl groups excluding tert-OH is 6. The lowest BCUT2D eigenvalue weighted by Crippen LogP contribution is -2.64. The molecule has 18 atom stereocenters. The second kappa shape index (κ2) is 12.8. The highest BCUT2D eigenvalue weighted by Gasteiger charge is 2.68. The predicted molar refractivity (Wildman–Crippen MR) is 166 cm³/mol. The molecule has 3 aliphatic heterocycles. The summed E-state index contributed by atoms with van der Waals surface area (Å²) in [5, 5.41) is 74.7. The number of aliphatic hydroxyl groups is 7. The first kappa shape index (κ1) is 35.2. The van der Waals surface area contributed by atoms with Gasteiger partial charge in [0.2, 0.25) is 0 Å². The molecule has 4 saturated carbocycles. The third-order valence-electron chi connectivity index (χ3n) is 14.2. The van der Waals surface area contributed by atoms with E-state index < -0.39 is 73.6 Å². The maximum atomic E-state index is 12.5. The standard InChI is InChI=1S/C35H54O13/c1-16-30(48-32-28(41)26(39)25(38)23(14-36)47-32)27(40)29(42)31(45-16)46-19-6-9-33(2)18(13-19)4-5-22-21(33)7-10-34(3)20(8-11-35(22,34)43)17-12-24(37)44-15-17/h12,16,18-23,25-32,36,38-43H,4-11,13-15H2,1-3H3/t16-,18+,19-,20+,21-,22+,23+,25+,26-,27-,28+,29-,30+,31-,32-,33-,34+,35-/m0/s1. The number of fused-ring (bicyclic) bond motifs is 5. The second-order valence-electron chi connectivity index (χ2n) is 16.3. The van der Waals surface area contributed by atoms with E-state index in [4.69, 9.17) is 23.7 Å². The number of ether oxygens (including phenoxy) is 5. The molecule has 0 aromatic rings. The Balaban J connectivity index is 0.977. The smallest absolute Gasteiger partial charge is 0.331 e. The Morgan fingerprint density at radius 3 is 2.27 bits per heavy atom. The number of carbonyl (C=O) groups excluding carboxylic acids is 1. The van der Waals surface area contributed by atoms with Crippen LogP contribution in [0.4, 0.5) is 0 Å². The van der Waals surface area contributed by atoms with E-state index in [1.807, 2.05) is 0 Å². The normalized spacial score (nSPS) is 55.3. The molecule has 2 saturated heterocycles. The molecular formula is C35H54O13. The molecule has 3 heterocycles. The number of cyclic esters (lactones) is 1. The molecule has 48 heavy (non-hydrogen) atoms. The molecule has 0 bridgehead atoms. The molecule has 6 fully saturated rings. The van der Waals surface area contributed by atoms with Crippen molar-refractivity contribution in [2.75, 3.05) is 13.2 Å². The maximum absolute atomic E-state index is 12.5. The summed E-state index contributed by atoms with van der Waals surface area (Å²) in [7, 11) is 0. The summed E-state index contributed by atoms with van der Waals surface area (Å²) < 4.78 is 28.8. The predicted octanol–water partition coefficient (Wildman–Crippen LogP) is 0.280. The summed E-state index contributed by atoms with van der Waals surface area (Å²) in [4.78, 5) is 11.9. The van der Waals surface area contributed by atoms with Crippen molar-refractivity contribution in [1.82, 2.24) is 0 Å². The molecule has 0 amide bonds. The maximum Gasteiger partial charge on any atom is 0.331 e. The lowest BCUT2D eigenvalue weighted by molar-refractivity contribution is -0.360. The van der Waals surface area contributed by atoms with Gasteiger partial charge in [-0.2, -0.15) is 0 Å². The summed E-state index contributed by atoms with van der Waals surface area (Å²) in [6, 6.07) is 0. The largest absolute Gasteiger partial charge is 0.458 e. The van der Waals surface area contributed by atoms with Gasteiger partial charge in [0.05, 0.1) is 24.4 Å². The number of carbonyl (C=O) groups is 1. The van der Waals surface area contributed by atoms with Crippen LogP contribution in [0, 0.1) is 34.5 Å². The second-order valence-corrected chi connectivity index (χ2v) is 16.3. The first-order chi connectivity index (χ1) is 22.7. The van der Waals surface area contributed by atoms with Gasteiger partial charge < -0.3 is 59.4 Å². The van der Waals surface area contributed by atoms with E-state index in [2.05, 4.69) is 13.8 Å². The molecule has 13 heteroatoms. The fraction of sp³-hybridized carbons (Fsp3) is 0.914. The number of rotatable bonds is 6. The van der Waals surface area contributed by atoms with Crippen molar-refractivity contribution in [3.8, 4) is 0 Å². The van der Waals surface area contributed by atoms with Gasteiger partial charge >= 0.3 is 5.97 Å². The summed E-state index contributed by atoms with van der Waals surface area (Å²) in [6.07, 6.45) is -4.12. The van der Waals surface area contributed by atoms with E-state index in [0.717, 1.165) is 63.4 Å². The lowest BCUT2D eigenvalue weighted by atomic mass is 9.43. The van der Waals surface area contributed by atoms with Crippen LogP contribution >= 0.6 is 0 Å². The summed E-state index contributed by atoms with van der Waals surface area (Å²) in [6.45, 7) is 5.97. The van der Waals surface area contributed by atoms with Gasteiger partial charge in [-0.05, 0) is 99.4 Å². The Kier molecular flexibility index (Phi) is 9.36. The highest BCUT2D eigenvalue weighted by molar-refractivity contribution is 5.85. The van der Waals surface area contributed by atoms with E-state index in [9.17, 15) is 40.5 Å². The Bertz CT molecular complexity index is 1240. The molecule has 7 rings (SSSR count). The van der Waals surface area contributed by atoms with Crippen LogP contribution in [-0.4, -0.2) is 128 Å². The van der Waals surface area contributed by atoms with Gasteiger partial charge in [-0.25, -0.2) is 4.79 Å². The van der Waals surface area contributed by atoms with Gasteiger partial charge in [-0.1, -0.05) is 13.8 Å². The Morgan fingerprint density at radius 1 is 0.833 bits per heavy atom. The van der Waals surface area contributed by atoms with Crippen LogP contribution in [0.1, 0.15) is 78.6 Å². The number of esters is 1. The van der Waals surface area contributed by atoms with Gasteiger partial charge in [0.25, 0.3) is 0 Å². The zero-order valence-electron chi connectivity index (χ0n) is 28.1. The van der Waals surface area contributed by atoms with Crippen LogP contribution in [0.2, 0.25) is 0 Å². The molecule has 272 valence electrons. The minimum atomic E-state index is -1.65. The fourth-order valence-electron chi connectivity index (χ4n) is 11.3. The van der Waals surface area contributed by atoms with Crippen molar-refractivity contribution in [3.05, 3.63) is 11.6 Å². The van der Waals surface area contributed by atoms with Crippen LogP contribution in [0.3, 0.4) is 0 Å². The minimum Gasteiger partial charge on any atom is -0.458 e. The van der Waals surface area contributed by atoms with Crippen molar-refractivity contribution in [1.29, 1.82) is 0 Å². The first-order valence-corrected chi connectivity index (χ1v) is 17.9. The van der Waals surface area contributed by atoms with Crippen LogP contribution in [0.25, 0.3) is 0 Å². The number of hydrogen-bond acceptors (Lipinski definition) is 13. The molecule has 0 aromatic heterocycles. The summed E-state index contributed by atoms with van der Waals surface area (Å²) in [5.74, 6) is 0.825. The SMILES string of the molecule is C[C@@H]1O[C@@H](O[C@H]2CC[C@@]3(C)[C@H](CC[C@@H]4[C@@H]3CC[C@]3(C)[C@@H](C5=CC(=O)OC5)CC[C@]43O)C2)[C@@H](O)[C@H](O)[C@@H]1O[C@@H]1O[C@H](CO)[C@@H](O)[C@H](O)[C@H]1O. The molecular weight excluding hydrogens is 628 g/mol. The van der Waals surface area contributed by atoms with Crippen LogP contribution in [-0.2, 0) is 28.5 Å². The van der Waals surface area contributed by atoms with E-state index in [1.165, 1.54) is 0 Å². The average molecular weight is 683 g/mol. The topological polar surface area (TPSA) is 205 Å². The Labute approximate surface area is 281 Å². The monoisotopic (exact) mass is 682 g/mol. The van der Waals surface area contributed by atoms with Gasteiger partial charge in [0.15, 0.2) is 12.6 Å². The highest BCUT2D eigenvalue weighted by Crippen LogP contribution is 2.70. The zero-order chi connectivity index (χ0) is 34.3. The van der Waals surface area contributed by atoms with Gasteiger partial charge in [0.1, 0.15) is 49.3 Å². The first-order valence-electron chi connectivity index (χ1n) is 17.9. The van der Waals surface area contributed by atoms with Gasteiger partial charge in [0, 0.05) is 11.5 Å². The highest BCUT2D eigenvalue weighted by atomic mass is 16.7. The molecule has 7 N–H and O–H groups in total. The Morgan fingerprint density at radius 2 is 1.56 bits per heavy atom. The van der Waals surface area contributed by atoms with Crippen molar-refractivity contribution in [2.24, 2.45) is 34.5 Å². The third-order valence-corrected chi connectivity index (χ3v) is 14.2. The lowest BCUT2D eigenvalue weighted by Gasteiger charge is -2.64. The van der Waals surface area contributed by atoms with Crippen LogP contribution in [0.5, 0.6) is 0 Å². The third kappa shape index (κ3) is 5.42. The quantitative estimate of drug-likeness (QED) is 0.149. The average Bonchev–Trinajstić information content (AvgIpc) is 3.61. The van der Waals surface area contributed by atoms with E-state index in [-0.39, 0.29) is 34.7 Å². The zero-order valence-corrected chi connectivity index (χ0v) is 28.1. The Hall–Kier alpha value is -1.23. The van der Waals surface area contributed by atoms with Gasteiger partial charge in [-0.3, -0.25) is 0 Å². The summed E-state index contributed by atoms with van der Waals surface area (Å²) in [5.41, 5.74) is 0.00280. The van der Waals surface area contributed by atoms with Crippen molar-refractivity contribution in [2.45, 2.75) is 152 Å². The van der Waals surface area contributed by atoms with E-state index >= 15 is 0 Å². The molecule has 4 aliphatic carbocycles. The summed E-state index contributed by atoms with van der Waals surface area (Å²) >= 11 is 0. The molecule has 0 aromatic carbocycles. The molecule has 13 nitrogen and oxygen atoms in total.